The Hall–Kier alpha value is -3.84. The lowest BCUT2D eigenvalue weighted by molar-refractivity contribution is 1.38. The van der Waals surface area contributed by atoms with Crippen molar-refractivity contribution >= 4 is 48.9 Å². The number of para-hydroxylation sites is 2. The van der Waals surface area contributed by atoms with Gasteiger partial charge in [-0.15, -0.1) is 0 Å². The lowest BCUT2D eigenvalue weighted by Gasteiger charge is -2.09. The average molecular weight is 367 g/mol. The van der Waals surface area contributed by atoms with Gasteiger partial charge in [-0.1, -0.05) is 97.1 Å². The molecule has 134 valence electrons. The second kappa shape index (κ2) is 5.36. The summed E-state index contributed by atoms with van der Waals surface area (Å²) in [7, 11) is 0. The lowest BCUT2D eigenvalue weighted by atomic mass is 9.96. The molecule has 1 nitrogen and oxygen atoms in total. The number of aromatic nitrogens is 1. The van der Waals surface area contributed by atoms with E-state index in [1.807, 2.05) is 0 Å². The van der Waals surface area contributed by atoms with Crippen LogP contribution in [0, 0.1) is 0 Å². The number of fused-ring (bicyclic) bond motifs is 8. The molecular weight excluding hydrogens is 350 g/mol. The molecule has 0 N–H and O–H groups in total. The first-order valence-corrected chi connectivity index (χ1v) is 10.1. The summed E-state index contributed by atoms with van der Waals surface area (Å²) >= 11 is 0. The summed E-state index contributed by atoms with van der Waals surface area (Å²) in [5.41, 5.74) is 6.48. The first-order valence-electron chi connectivity index (χ1n) is 10.1. The van der Waals surface area contributed by atoms with Gasteiger partial charge in [0.25, 0.3) is 0 Å². The highest BCUT2D eigenvalue weighted by Crippen LogP contribution is 2.42. The van der Waals surface area contributed by atoms with Gasteiger partial charge in [-0.2, -0.15) is 0 Å². The fraction of sp³-hybridized carbons (Fsp3) is 0. The van der Waals surface area contributed by atoms with Gasteiger partial charge in [0.1, 0.15) is 0 Å². The topological polar surface area (TPSA) is 4.41 Å². The number of hydrogen-bond donors (Lipinski definition) is 0. The van der Waals surface area contributed by atoms with Crippen LogP contribution in [0.4, 0.5) is 0 Å². The van der Waals surface area contributed by atoms with Crippen LogP contribution in [0.25, 0.3) is 60.0 Å². The van der Waals surface area contributed by atoms with Gasteiger partial charge in [-0.3, -0.25) is 0 Å². The Labute approximate surface area is 167 Å². The maximum Gasteiger partial charge on any atom is 0.0620 e. The Morgan fingerprint density at radius 3 is 1.76 bits per heavy atom. The van der Waals surface area contributed by atoms with E-state index in [1.54, 1.807) is 0 Å². The van der Waals surface area contributed by atoms with E-state index in [9.17, 15) is 0 Å². The molecule has 29 heavy (non-hydrogen) atoms. The first kappa shape index (κ1) is 15.1. The third-order valence-electron chi connectivity index (χ3n) is 6.33. The van der Waals surface area contributed by atoms with Crippen molar-refractivity contribution < 1.29 is 0 Å². The molecule has 0 spiro atoms. The zero-order valence-corrected chi connectivity index (χ0v) is 15.8. The van der Waals surface area contributed by atoms with Crippen LogP contribution in [-0.2, 0) is 0 Å². The van der Waals surface area contributed by atoms with E-state index >= 15 is 0 Å². The van der Waals surface area contributed by atoms with Crippen LogP contribution in [0.3, 0.4) is 0 Å². The molecule has 0 aliphatic heterocycles. The molecule has 2 aromatic heterocycles. The maximum absolute atomic E-state index is 2.48. The summed E-state index contributed by atoms with van der Waals surface area (Å²) in [5.74, 6) is 0. The monoisotopic (exact) mass is 367 g/mol. The van der Waals surface area contributed by atoms with Crippen LogP contribution in [-0.4, -0.2) is 4.40 Å². The van der Waals surface area contributed by atoms with Crippen molar-refractivity contribution in [2.45, 2.75) is 0 Å². The normalized spacial score (nSPS) is 12.1. The second-order valence-corrected chi connectivity index (χ2v) is 7.78. The minimum Gasteiger partial charge on any atom is -0.307 e. The molecule has 2 heterocycles. The van der Waals surface area contributed by atoms with E-state index in [2.05, 4.69) is 108 Å². The SMILES string of the molecule is c1ccc(-c2cccc3c2ccc2c4cccc5c6ccccc6n(c32)c54)cc1. The van der Waals surface area contributed by atoms with Gasteiger partial charge in [0.2, 0.25) is 0 Å². The van der Waals surface area contributed by atoms with Crippen LogP contribution < -0.4 is 0 Å². The molecule has 0 amide bonds. The van der Waals surface area contributed by atoms with Gasteiger partial charge < -0.3 is 4.40 Å². The van der Waals surface area contributed by atoms with E-state index < -0.39 is 0 Å². The first-order chi connectivity index (χ1) is 14.4. The van der Waals surface area contributed by atoms with Gasteiger partial charge in [0.05, 0.1) is 16.6 Å². The molecule has 0 bridgehead atoms. The number of benzene rings is 5. The summed E-state index contributed by atoms with van der Waals surface area (Å²) in [6.07, 6.45) is 0. The molecule has 7 rings (SSSR count). The van der Waals surface area contributed by atoms with Crippen molar-refractivity contribution in [3.8, 4) is 11.1 Å². The molecule has 5 aromatic carbocycles. The van der Waals surface area contributed by atoms with Gasteiger partial charge in [-0.25, -0.2) is 0 Å². The Bertz CT molecular complexity index is 1690. The lowest BCUT2D eigenvalue weighted by Crippen LogP contribution is -1.85. The van der Waals surface area contributed by atoms with E-state index in [4.69, 9.17) is 0 Å². The molecule has 0 atom stereocenters. The minimum absolute atomic E-state index is 1.26. The molecule has 0 saturated carbocycles. The fourth-order valence-corrected chi connectivity index (χ4v) is 5.14. The highest BCUT2D eigenvalue weighted by molar-refractivity contribution is 6.27. The molecule has 7 aromatic rings. The molecular formula is C28H17N. The smallest absolute Gasteiger partial charge is 0.0620 e. The predicted octanol–water partition coefficient (Wildman–Crippen LogP) is 7.66. The van der Waals surface area contributed by atoms with Gasteiger partial charge in [-0.05, 0) is 22.6 Å². The van der Waals surface area contributed by atoms with Crippen molar-refractivity contribution in [2.75, 3.05) is 0 Å². The van der Waals surface area contributed by atoms with E-state index in [0.29, 0.717) is 0 Å². The summed E-state index contributed by atoms with van der Waals surface area (Å²) in [6, 6.07) is 37.4. The number of nitrogens with zero attached hydrogens (tertiary/aromatic N) is 1. The van der Waals surface area contributed by atoms with Crippen LogP contribution in [0.15, 0.2) is 103 Å². The van der Waals surface area contributed by atoms with E-state index in [1.165, 1.54) is 60.0 Å². The summed E-state index contributed by atoms with van der Waals surface area (Å²) < 4.78 is 2.48. The second-order valence-electron chi connectivity index (χ2n) is 7.78. The third kappa shape index (κ3) is 1.85. The molecule has 1 heteroatoms. The van der Waals surface area contributed by atoms with Crippen molar-refractivity contribution in [1.82, 2.24) is 4.40 Å². The largest absolute Gasteiger partial charge is 0.307 e. The van der Waals surface area contributed by atoms with Crippen molar-refractivity contribution in [3.63, 3.8) is 0 Å². The van der Waals surface area contributed by atoms with Crippen LogP contribution in [0.5, 0.6) is 0 Å². The van der Waals surface area contributed by atoms with Crippen molar-refractivity contribution in [1.29, 1.82) is 0 Å². The van der Waals surface area contributed by atoms with E-state index in [0.717, 1.165) is 0 Å². The standard InChI is InChI=1S/C28H17N/c1-2-8-18(9-3-1)19-11-6-12-22-20(19)16-17-25-24-14-7-13-23-21-10-4-5-15-26(21)29(27(22)25)28(23)24/h1-17H. The van der Waals surface area contributed by atoms with Gasteiger partial charge in [0.15, 0.2) is 0 Å². The summed E-state index contributed by atoms with van der Waals surface area (Å²) in [5, 5.41) is 7.93. The predicted molar refractivity (Wildman–Crippen MR) is 124 cm³/mol. The Morgan fingerprint density at radius 2 is 0.931 bits per heavy atom. The quantitative estimate of drug-likeness (QED) is 0.280. The summed E-state index contributed by atoms with van der Waals surface area (Å²) in [6.45, 7) is 0. The summed E-state index contributed by atoms with van der Waals surface area (Å²) in [4.78, 5) is 0. The highest BCUT2D eigenvalue weighted by Gasteiger charge is 2.18. The molecule has 0 aliphatic rings. The molecule has 0 saturated heterocycles. The molecule has 0 radical (unpaired) electrons. The van der Waals surface area contributed by atoms with Crippen LogP contribution in [0.2, 0.25) is 0 Å². The minimum atomic E-state index is 1.26. The maximum atomic E-state index is 2.48. The Kier molecular flexibility index (Phi) is 2.80. The zero-order valence-electron chi connectivity index (χ0n) is 15.8. The average Bonchev–Trinajstić information content (AvgIpc) is 3.31. The highest BCUT2D eigenvalue weighted by atomic mass is 14.9. The van der Waals surface area contributed by atoms with Crippen LogP contribution in [0.1, 0.15) is 0 Å². The number of hydrogen-bond acceptors (Lipinski definition) is 0. The van der Waals surface area contributed by atoms with Crippen molar-refractivity contribution in [2.24, 2.45) is 0 Å². The Morgan fingerprint density at radius 1 is 0.379 bits per heavy atom. The third-order valence-corrected chi connectivity index (χ3v) is 6.33. The molecule has 0 aliphatic carbocycles. The van der Waals surface area contributed by atoms with Gasteiger partial charge >= 0.3 is 0 Å². The fourth-order valence-electron chi connectivity index (χ4n) is 5.14. The van der Waals surface area contributed by atoms with Crippen molar-refractivity contribution in [3.05, 3.63) is 103 Å². The molecule has 0 fully saturated rings. The van der Waals surface area contributed by atoms with E-state index in [-0.39, 0.29) is 0 Å². The zero-order chi connectivity index (χ0) is 18.9. The molecule has 0 unspecified atom stereocenters. The Balaban J connectivity index is 1.77. The van der Waals surface area contributed by atoms with Gasteiger partial charge in [0, 0.05) is 26.9 Å². The van der Waals surface area contributed by atoms with Crippen LogP contribution >= 0.6 is 0 Å². The number of rotatable bonds is 1.